The lowest BCUT2D eigenvalue weighted by Crippen LogP contribution is -2.69. The number of rotatable bonds is 5. The van der Waals surface area contributed by atoms with Gasteiger partial charge in [-0.1, -0.05) is 0 Å². The first-order valence-corrected chi connectivity index (χ1v) is 7.35. The first-order chi connectivity index (χ1) is 9.65. The third-order valence-corrected chi connectivity index (χ3v) is 4.44. The van der Waals surface area contributed by atoms with Crippen LogP contribution in [0.1, 0.15) is 46.0 Å². The zero-order valence-electron chi connectivity index (χ0n) is 12.3. The normalized spacial score (nSPS) is 30.5. The number of alkyl halides is 3. The molecule has 7 heteroatoms. The maximum atomic E-state index is 12.6. The molecule has 2 amide bonds. The summed E-state index contributed by atoms with van der Waals surface area (Å²) in [7, 11) is 0. The van der Waals surface area contributed by atoms with Crippen LogP contribution in [-0.4, -0.2) is 41.0 Å². The maximum Gasteiger partial charge on any atom is 0.389 e. The maximum absolute atomic E-state index is 12.6. The molecule has 2 unspecified atom stereocenters. The highest BCUT2D eigenvalue weighted by molar-refractivity contribution is 5.99. The summed E-state index contributed by atoms with van der Waals surface area (Å²) in [4.78, 5) is 26.0. The SMILES string of the molecule is CC1C(=O)NC(C)(C2CC2)C(=O)N1CCCCC(F)(F)F. The molecule has 4 nitrogen and oxygen atoms in total. The van der Waals surface area contributed by atoms with Gasteiger partial charge in [-0.05, 0) is 45.4 Å². The summed E-state index contributed by atoms with van der Waals surface area (Å²) >= 11 is 0. The number of amides is 2. The molecule has 2 fully saturated rings. The van der Waals surface area contributed by atoms with Crippen LogP contribution in [0.25, 0.3) is 0 Å². The monoisotopic (exact) mass is 306 g/mol. The Balaban J connectivity index is 1.96. The van der Waals surface area contributed by atoms with Gasteiger partial charge in [-0.3, -0.25) is 9.59 Å². The molecule has 0 spiro atoms. The third-order valence-electron chi connectivity index (χ3n) is 4.44. The second-order valence-corrected chi connectivity index (χ2v) is 6.21. The van der Waals surface area contributed by atoms with Gasteiger partial charge in [0.05, 0.1) is 0 Å². The Kier molecular flexibility index (Phi) is 4.22. The average Bonchev–Trinajstić information content (AvgIpc) is 3.19. The van der Waals surface area contributed by atoms with Crippen LogP contribution < -0.4 is 5.32 Å². The summed E-state index contributed by atoms with van der Waals surface area (Å²) in [5.41, 5.74) is -0.881. The van der Waals surface area contributed by atoms with Crippen molar-refractivity contribution in [1.29, 1.82) is 0 Å². The van der Waals surface area contributed by atoms with Crippen LogP contribution in [-0.2, 0) is 9.59 Å². The topological polar surface area (TPSA) is 49.4 Å². The van der Waals surface area contributed by atoms with E-state index in [-0.39, 0.29) is 37.1 Å². The molecule has 1 saturated carbocycles. The number of carbonyl (C=O) groups is 2. The number of unbranched alkanes of at least 4 members (excludes halogenated alkanes) is 1. The van der Waals surface area contributed by atoms with Crippen molar-refractivity contribution in [3.63, 3.8) is 0 Å². The summed E-state index contributed by atoms with van der Waals surface area (Å²) < 4.78 is 36.4. The standard InChI is InChI=1S/C14H21F3N2O2/c1-9-11(20)18-13(2,10-5-6-10)12(21)19(9)8-4-3-7-14(15,16)17/h9-10H,3-8H2,1-2H3,(H,18,20). The molecule has 1 heterocycles. The summed E-state index contributed by atoms with van der Waals surface area (Å²) in [6, 6.07) is -0.616. The van der Waals surface area contributed by atoms with Crippen molar-refractivity contribution in [2.45, 2.75) is 63.7 Å². The first-order valence-electron chi connectivity index (χ1n) is 7.35. The van der Waals surface area contributed by atoms with Gasteiger partial charge >= 0.3 is 6.18 Å². The number of carbonyl (C=O) groups excluding carboxylic acids is 2. The van der Waals surface area contributed by atoms with E-state index in [0.717, 1.165) is 12.8 Å². The Hall–Kier alpha value is -1.27. The molecule has 0 aromatic heterocycles. The Morgan fingerprint density at radius 2 is 1.90 bits per heavy atom. The van der Waals surface area contributed by atoms with Gasteiger partial charge in [0, 0.05) is 13.0 Å². The van der Waals surface area contributed by atoms with E-state index in [1.807, 2.05) is 0 Å². The number of nitrogens with zero attached hydrogens (tertiary/aromatic N) is 1. The molecule has 1 aliphatic carbocycles. The number of hydrogen-bond acceptors (Lipinski definition) is 2. The van der Waals surface area contributed by atoms with E-state index in [1.165, 1.54) is 4.90 Å². The molecular weight excluding hydrogens is 285 g/mol. The summed E-state index contributed by atoms with van der Waals surface area (Å²) in [5.74, 6) is -0.233. The molecule has 2 rings (SSSR count). The van der Waals surface area contributed by atoms with E-state index in [1.54, 1.807) is 13.8 Å². The van der Waals surface area contributed by atoms with Gasteiger partial charge in [0.2, 0.25) is 11.8 Å². The van der Waals surface area contributed by atoms with Crippen LogP contribution in [0.5, 0.6) is 0 Å². The fraction of sp³-hybridized carbons (Fsp3) is 0.857. The quantitative estimate of drug-likeness (QED) is 0.792. The van der Waals surface area contributed by atoms with Gasteiger partial charge in [-0.15, -0.1) is 0 Å². The summed E-state index contributed by atoms with van der Waals surface area (Å²) in [5, 5.41) is 2.79. The lowest BCUT2D eigenvalue weighted by molar-refractivity contribution is -0.155. The average molecular weight is 306 g/mol. The molecule has 1 saturated heterocycles. The third kappa shape index (κ3) is 3.49. The van der Waals surface area contributed by atoms with Crippen molar-refractivity contribution in [2.24, 2.45) is 5.92 Å². The smallest absolute Gasteiger partial charge is 0.340 e. The molecule has 21 heavy (non-hydrogen) atoms. The van der Waals surface area contributed by atoms with Gasteiger partial charge in [-0.2, -0.15) is 13.2 Å². The van der Waals surface area contributed by atoms with Crippen LogP contribution in [0, 0.1) is 5.92 Å². The van der Waals surface area contributed by atoms with Gasteiger partial charge in [0.25, 0.3) is 0 Å². The van der Waals surface area contributed by atoms with Crippen molar-refractivity contribution < 1.29 is 22.8 Å². The Morgan fingerprint density at radius 1 is 1.29 bits per heavy atom. The molecular formula is C14H21F3N2O2. The van der Waals surface area contributed by atoms with Gasteiger partial charge in [0.15, 0.2) is 0 Å². The minimum absolute atomic E-state index is 0.0260. The zero-order chi connectivity index (χ0) is 15.8. The van der Waals surface area contributed by atoms with Crippen LogP contribution in [0.2, 0.25) is 0 Å². The van der Waals surface area contributed by atoms with Crippen LogP contribution >= 0.6 is 0 Å². The lowest BCUT2D eigenvalue weighted by atomic mass is 9.89. The number of nitrogens with one attached hydrogen (secondary N) is 1. The van der Waals surface area contributed by atoms with Crippen molar-refractivity contribution >= 4 is 11.8 Å². The van der Waals surface area contributed by atoms with Gasteiger partial charge in [-0.25, -0.2) is 0 Å². The highest BCUT2D eigenvalue weighted by atomic mass is 19.4. The van der Waals surface area contributed by atoms with Crippen molar-refractivity contribution in [3.8, 4) is 0 Å². The predicted molar refractivity (Wildman–Crippen MR) is 70.4 cm³/mol. The van der Waals surface area contributed by atoms with Crippen LogP contribution in [0.4, 0.5) is 13.2 Å². The largest absolute Gasteiger partial charge is 0.389 e. The minimum atomic E-state index is -4.17. The first kappa shape index (κ1) is 16.1. The van der Waals surface area contributed by atoms with E-state index >= 15 is 0 Å². The van der Waals surface area contributed by atoms with Crippen LogP contribution in [0.15, 0.2) is 0 Å². The second kappa shape index (κ2) is 5.50. The fourth-order valence-corrected chi connectivity index (χ4v) is 2.87. The fourth-order valence-electron chi connectivity index (χ4n) is 2.87. The Morgan fingerprint density at radius 3 is 2.43 bits per heavy atom. The van der Waals surface area contributed by atoms with Crippen LogP contribution in [0.3, 0.4) is 0 Å². The lowest BCUT2D eigenvalue weighted by Gasteiger charge is -2.43. The highest BCUT2D eigenvalue weighted by Crippen LogP contribution is 2.42. The predicted octanol–water partition coefficient (Wildman–Crippen LogP) is 2.23. The highest BCUT2D eigenvalue weighted by Gasteiger charge is 2.54. The van der Waals surface area contributed by atoms with Gasteiger partial charge in [0.1, 0.15) is 11.6 Å². The van der Waals surface area contributed by atoms with E-state index in [4.69, 9.17) is 0 Å². The minimum Gasteiger partial charge on any atom is -0.340 e. The molecule has 2 atom stereocenters. The van der Waals surface area contributed by atoms with E-state index < -0.39 is 24.2 Å². The van der Waals surface area contributed by atoms with Crippen molar-refractivity contribution in [1.82, 2.24) is 10.2 Å². The molecule has 0 bridgehead atoms. The van der Waals surface area contributed by atoms with E-state index in [0.29, 0.717) is 0 Å². The van der Waals surface area contributed by atoms with E-state index in [2.05, 4.69) is 5.32 Å². The molecule has 0 aromatic rings. The molecule has 1 aliphatic heterocycles. The Labute approximate surface area is 122 Å². The summed E-state index contributed by atoms with van der Waals surface area (Å²) in [6.07, 6.45) is -2.99. The molecule has 120 valence electrons. The zero-order valence-corrected chi connectivity index (χ0v) is 12.3. The molecule has 0 radical (unpaired) electrons. The van der Waals surface area contributed by atoms with Crippen molar-refractivity contribution in [3.05, 3.63) is 0 Å². The number of halogens is 3. The summed E-state index contributed by atoms with van der Waals surface area (Å²) in [6.45, 7) is 3.54. The number of hydrogen-bond donors (Lipinski definition) is 1. The molecule has 0 aromatic carbocycles. The molecule has 1 N–H and O–H groups in total. The van der Waals surface area contributed by atoms with E-state index in [9.17, 15) is 22.8 Å². The Bertz CT molecular complexity index is 434. The molecule has 2 aliphatic rings. The number of piperazine rings is 1. The van der Waals surface area contributed by atoms with Gasteiger partial charge < -0.3 is 10.2 Å². The van der Waals surface area contributed by atoms with Crippen molar-refractivity contribution in [2.75, 3.05) is 6.54 Å². The second-order valence-electron chi connectivity index (χ2n) is 6.21.